The molecule has 0 aliphatic heterocycles. The smallest absolute Gasteiger partial charge is 0.408 e. The van der Waals surface area contributed by atoms with Gasteiger partial charge in [-0.05, 0) is 72.7 Å². The lowest BCUT2D eigenvalue weighted by Crippen LogP contribution is -2.52. The molecule has 0 aliphatic carbocycles. The van der Waals surface area contributed by atoms with Gasteiger partial charge >= 0.3 is 12.1 Å². The number of esters is 1. The Morgan fingerprint density at radius 1 is 0.875 bits per heavy atom. The Labute approximate surface area is 189 Å². The van der Waals surface area contributed by atoms with Gasteiger partial charge in [-0.1, -0.05) is 0 Å². The standard InChI is InChI=1S/C23H34N2O7/c1-14(24-21(29)32-23(5,6)7)19(27)25-17(20(28)31-22(2,3)4)13-18(26)15-9-11-16(30-8)12-10-15/h9-12,14,17H,13H2,1-8H3,(H,24,29)(H,25,27)/t14-,17-/m0/s1. The van der Waals surface area contributed by atoms with Gasteiger partial charge in [0.25, 0.3) is 0 Å². The number of nitrogens with one attached hydrogen (secondary N) is 2. The number of ketones is 1. The van der Waals surface area contributed by atoms with Crippen LogP contribution in [0.2, 0.25) is 0 Å². The first-order valence-electron chi connectivity index (χ1n) is 10.3. The zero-order chi connectivity index (χ0) is 24.7. The van der Waals surface area contributed by atoms with Gasteiger partial charge in [0.1, 0.15) is 29.0 Å². The third-order valence-corrected chi connectivity index (χ3v) is 3.94. The molecule has 32 heavy (non-hydrogen) atoms. The lowest BCUT2D eigenvalue weighted by Gasteiger charge is -2.26. The summed E-state index contributed by atoms with van der Waals surface area (Å²) in [6, 6.07) is 4.15. The molecule has 0 aliphatic rings. The highest BCUT2D eigenvalue weighted by Crippen LogP contribution is 2.16. The Morgan fingerprint density at radius 2 is 1.41 bits per heavy atom. The van der Waals surface area contributed by atoms with Crippen molar-refractivity contribution in [2.75, 3.05) is 7.11 Å². The number of hydrogen-bond donors (Lipinski definition) is 2. The van der Waals surface area contributed by atoms with E-state index in [9.17, 15) is 19.2 Å². The third kappa shape index (κ3) is 9.80. The molecule has 178 valence electrons. The van der Waals surface area contributed by atoms with Gasteiger partial charge in [-0.2, -0.15) is 0 Å². The number of alkyl carbamates (subject to hydrolysis) is 1. The summed E-state index contributed by atoms with van der Waals surface area (Å²) in [6.45, 7) is 11.6. The minimum absolute atomic E-state index is 0.313. The average molecular weight is 451 g/mol. The van der Waals surface area contributed by atoms with Gasteiger partial charge in [0.2, 0.25) is 5.91 Å². The first-order chi connectivity index (χ1) is 14.6. The van der Waals surface area contributed by atoms with E-state index in [1.165, 1.54) is 14.0 Å². The Bertz CT molecular complexity index is 820. The van der Waals surface area contributed by atoms with Gasteiger partial charge in [0, 0.05) is 12.0 Å². The maximum atomic E-state index is 12.7. The van der Waals surface area contributed by atoms with E-state index in [4.69, 9.17) is 14.2 Å². The molecule has 0 heterocycles. The molecule has 0 bridgehead atoms. The van der Waals surface area contributed by atoms with Crippen molar-refractivity contribution in [3.8, 4) is 5.75 Å². The molecule has 9 heteroatoms. The van der Waals surface area contributed by atoms with E-state index in [1.54, 1.807) is 65.8 Å². The van der Waals surface area contributed by atoms with E-state index in [0.717, 1.165) is 0 Å². The number of rotatable bonds is 8. The van der Waals surface area contributed by atoms with Crippen LogP contribution >= 0.6 is 0 Å². The van der Waals surface area contributed by atoms with E-state index >= 15 is 0 Å². The van der Waals surface area contributed by atoms with Crippen LogP contribution in [-0.2, 0) is 19.1 Å². The van der Waals surface area contributed by atoms with Crippen molar-refractivity contribution >= 4 is 23.8 Å². The van der Waals surface area contributed by atoms with E-state index < -0.39 is 41.3 Å². The number of carbonyl (C=O) groups is 4. The second kappa shape index (κ2) is 11.0. The SMILES string of the molecule is COc1ccc(C(=O)C[C@H](NC(=O)[C@H](C)NC(=O)OC(C)(C)C)C(=O)OC(C)(C)C)cc1. The summed E-state index contributed by atoms with van der Waals surface area (Å²) in [6.07, 6.45) is -1.09. The fourth-order valence-electron chi connectivity index (χ4n) is 2.49. The number of amides is 2. The number of hydrogen-bond acceptors (Lipinski definition) is 7. The fourth-order valence-corrected chi connectivity index (χ4v) is 2.49. The lowest BCUT2D eigenvalue weighted by atomic mass is 10.0. The quantitative estimate of drug-likeness (QED) is 0.461. The molecule has 1 aromatic carbocycles. The highest BCUT2D eigenvalue weighted by atomic mass is 16.6. The predicted molar refractivity (Wildman–Crippen MR) is 119 cm³/mol. The maximum absolute atomic E-state index is 12.7. The van der Waals surface area contributed by atoms with Crippen LogP contribution in [0.5, 0.6) is 5.75 Å². The summed E-state index contributed by atoms with van der Waals surface area (Å²) in [4.78, 5) is 49.9. The van der Waals surface area contributed by atoms with Crippen molar-refractivity contribution < 1.29 is 33.4 Å². The molecule has 2 atom stereocenters. The number of carbonyl (C=O) groups excluding carboxylic acids is 4. The maximum Gasteiger partial charge on any atom is 0.408 e. The van der Waals surface area contributed by atoms with Gasteiger partial charge in [0.15, 0.2) is 5.78 Å². The zero-order valence-corrected chi connectivity index (χ0v) is 20.0. The molecule has 0 saturated heterocycles. The first kappa shape index (κ1) is 26.9. The predicted octanol–water partition coefficient (Wildman–Crippen LogP) is 3.01. The molecule has 0 saturated carbocycles. The Balaban J connectivity index is 2.93. The van der Waals surface area contributed by atoms with Gasteiger partial charge in [-0.3, -0.25) is 9.59 Å². The number of methoxy groups -OCH3 is 1. The summed E-state index contributed by atoms with van der Waals surface area (Å²) in [5.74, 6) is -1.19. The normalized spacial score (nSPS) is 13.4. The van der Waals surface area contributed by atoms with E-state index in [-0.39, 0.29) is 12.2 Å². The summed E-state index contributed by atoms with van der Waals surface area (Å²) in [5, 5.41) is 4.90. The molecule has 2 amide bonds. The van der Waals surface area contributed by atoms with Gasteiger partial charge in [-0.15, -0.1) is 0 Å². The molecule has 0 fully saturated rings. The van der Waals surface area contributed by atoms with Crippen LogP contribution in [0.25, 0.3) is 0 Å². The molecule has 0 radical (unpaired) electrons. The van der Waals surface area contributed by atoms with Crippen molar-refractivity contribution in [2.24, 2.45) is 0 Å². The summed E-state index contributed by atoms with van der Waals surface area (Å²) < 4.78 is 15.6. The molecule has 1 rings (SSSR count). The molecule has 0 spiro atoms. The number of benzene rings is 1. The molecular formula is C23H34N2O7. The fraction of sp³-hybridized carbons (Fsp3) is 0.565. The molecule has 0 aromatic heterocycles. The summed E-state index contributed by atoms with van der Waals surface area (Å²) in [7, 11) is 1.51. The topological polar surface area (TPSA) is 120 Å². The molecular weight excluding hydrogens is 416 g/mol. The van der Waals surface area contributed by atoms with E-state index in [0.29, 0.717) is 11.3 Å². The van der Waals surface area contributed by atoms with Crippen LogP contribution < -0.4 is 15.4 Å². The van der Waals surface area contributed by atoms with Crippen LogP contribution in [0, 0.1) is 0 Å². The second-order valence-corrected chi connectivity index (χ2v) is 9.32. The lowest BCUT2D eigenvalue weighted by molar-refractivity contribution is -0.158. The molecule has 1 aromatic rings. The van der Waals surface area contributed by atoms with Gasteiger partial charge < -0.3 is 24.8 Å². The van der Waals surface area contributed by atoms with Crippen molar-refractivity contribution in [2.45, 2.75) is 78.2 Å². The van der Waals surface area contributed by atoms with Gasteiger partial charge in [-0.25, -0.2) is 9.59 Å². The molecule has 0 unspecified atom stereocenters. The average Bonchev–Trinajstić information content (AvgIpc) is 2.64. The van der Waals surface area contributed by atoms with Crippen molar-refractivity contribution in [3.63, 3.8) is 0 Å². The zero-order valence-electron chi connectivity index (χ0n) is 20.0. The van der Waals surface area contributed by atoms with Crippen LogP contribution in [0.15, 0.2) is 24.3 Å². The molecule has 9 nitrogen and oxygen atoms in total. The third-order valence-electron chi connectivity index (χ3n) is 3.94. The van der Waals surface area contributed by atoms with Crippen molar-refractivity contribution in [1.82, 2.24) is 10.6 Å². The first-order valence-corrected chi connectivity index (χ1v) is 10.3. The summed E-state index contributed by atoms with van der Waals surface area (Å²) in [5.41, 5.74) is -1.19. The number of ether oxygens (including phenoxy) is 3. The van der Waals surface area contributed by atoms with E-state index in [1.807, 2.05) is 0 Å². The van der Waals surface area contributed by atoms with Crippen molar-refractivity contribution in [3.05, 3.63) is 29.8 Å². The molecule has 2 N–H and O–H groups in total. The second-order valence-electron chi connectivity index (χ2n) is 9.32. The van der Waals surface area contributed by atoms with Crippen LogP contribution in [-0.4, -0.2) is 54.1 Å². The highest BCUT2D eigenvalue weighted by Gasteiger charge is 2.31. The minimum atomic E-state index is -1.24. The largest absolute Gasteiger partial charge is 0.497 e. The Kier molecular flexibility index (Phi) is 9.23. The van der Waals surface area contributed by atoms with Crippen molar-refractivity contribution in [1.29, 1.82) is 0 Å². The monoisotopic (exact) mass is 450 g/mol. The van der Waals surface area contributed by atoms with Crippen LogP contribution in [0.4, 0.5) is 4.79 Å². The van der Waals surface area contributed by atoms with Crippen LogP contribution in [0.1, 0.15) is 65.2 Å². The van der Waals surface area contributed by atoms with E-state index in [2.05, 4.69) is 10.6 Å². The Hall–Kier alpha value is -3.10. The Morgan fingerprint density at radius 3 is 1.88 bits per heavy atom. The van der Waals surface area contributed by atoms with Crippen LogP contribution in [0.3, 0.4) is 0 Å². The highest BCUT2D eigenvalue weighted by molar-refractivity contribution is 6.00. The summed E-state index contributed by atoms with van der Waals surface area (Å²) >= 11 is 0. The van der Waals surface area contributed by atoms with Gasteiger partial charge in [0.05, 0.1) is 7.11 Å². The number of Topliss-reactive ketones (excluding diaryl/α,β-unsaturated/α-hetero) is 1. The minimum Gasteiger partial charge on any atom is -0.497 e.